The van der Waals surface area contributed by atoms with Crippen LogP contribution in [-0.2, 0) is 6.42 Å². The lowest BCUT2D eigenvalue weighted by atomic mass is 9.69. The Morgan fingerprint density at radius 3 is 2.42 bits per heavy atom. The first-order valence-corrected chi connectivity index (χ1v) is 11.9. The average Bonchev–Trinajstić information content (AvgIpc) is 3.20. The zero-order chi connectivity index (χ0) is 22.0. The number of hydrogen-bond donors (Lipinski definition) is 0. The van der Waals surface area contributed by atoms with Crippen LogP contribution >= 0.6 is 0 Å². The summed E-state index contributed by atoms with van der Waals surface area (Å²) in [6.07, 6.45) is 4.61. The molecule has 1 fully saturated rings. The summed E-state index contributed by atoms with van der Waals surface area (Å²) in [7, 11) is 2.23. The van der Waals surface area contributed by atoms with Crippen LogP contribution in [0.2, 0.25) is 0 Å². The molecular formula is C26H38N4O. The van der Waals surface area contributed by atoms with E-state index in [0.717, 1.165) is 17.9 Å². The molecule has 0 radical (unpaired) electrons. The Morgan fingerprint density at radius 1 is 1.03 bits per heavy atom. The van der Waals surface area contributed by atoms with E-state index in [1.807, 2.05) is 0 Å². The van der Waals surface area contributed by atoms with Gasteiger partial charge < -0.3 is 14.2 Å². The van der Waals surface area contributed by atoms with E-state index in [4.69, 9.17) is 4.42 Å². The second kappa shape index (κ2) is 9.66. The van der Waals surface area contributed by atoms with E-state index < -0.39 is 0 Å². The minimum absolute atomic E-state index is 0.488. The fourth-order valence-corrected chi connectivity index (χ4v) is 5.17. The molecule has 1 saturated heterocycles. The molecule has 0 saturated carbocycles. The van der Waals surface area contributed by atoms with Gasteiger partial charge in [0.05, 0.1) is 0 Å². The molecule has 3 unspecified atom stereocenters. The van der Waals surface area contributed by atoms with Gasteiger partial charge >= 0.3 is 0 Å². The van der Waals surface area contributed by atoms with E-state index in [2.05, 4.69) is 85.1 Å². The first-order chi connectivity index (χ1) is 14.9. The van der Waals surface area contributed by atoms with Crippen molar-refractivity contribution in [1.82, 2.24) is 20.0 Å². The van der Waals surface area contributed by atoms with Crippen LogP contribution in [-0.4, -0.2) is 59.8 Å². The minimum atomic E-state index is 0.488. The number of aryl methyl sites for hydroxylation is 1. The molecule has 168 valence electrons. The molecule has 5 heteroatoms. The molecule has 1 aliphatic carbocycles. The van der Waals surface area contributed by atoms with Crippen molar-refractivity contribution in [1.29, 1.82) is 0 Å². The highest BCUT2D eigenvalue weighted by atomic mass is 16.4. The molecule has 3 atom stereocenters. The van der Waals surface area contributed by atoms with Crippen LogP contribution in [0.3, 0.4) is 0 Å². The number of piperazine rings is 1. The molecule has 1 aromatic heterocycles. The molecule has 4 rings (SSSR count). The van der Waals surface area contributed by atoms with E-state index >= 15 is 0 Å². The molecule has 1 aromatic carbocycles. The summed E-state index contributed by atoms with van der Waals surface area (Å²) in [5, 5.41) is 8.69. The molecule has 0 N–H and O–H groups in total. The van der Waals surface area contributed by atoms with Gasteiger partial charge in [0, 0.05) is 44.7 Å². The fraction of sp³-hybridized carbons (Fsp3) is 0.615. The van der Waals surface area contributed by atoms with Crippen LogP contribution in [0.1, 0.15) is 38.6 Å². The first kappa shape index (κ1) is 22.2. The van der Waals surface area contributed by atoms with E-state index in [0.29, 0.717) is 29.6 Å². The van der Waals surface area contributed by atoms with E-state index in [1.54, 1.807) is 0 Å². The van der Waals surface area contributed by atoms with Gasteiger partial charge in [-0.15, -0.1) is 10.2 Å². The van der Waals surface area contributed by atoms with Crippen molar-refractivity contribution >= 4 is 0 Å². The first-order valence-electron chi connectivity index (χ1n) is 11.9. The lowest BCUT2D eigenvalue weighted by molar-refractivity contribution is 0.112. The molecule has 1 aliphatic heterocycles. The molecule has 2 aliphatic rings. The van der Waals surface area contributed by atoms with Crippen molar-refractivity contribution in [3.8, 4) is 11.5 Å². The lowest BCUT2D eigenvalue weighted by Crippen LogP contribution is -2.47. The molecule has 2 heterocycles. The lowest BCUT2D eigenvalue weighted by Gasteiger charge is -2.41. The van der Waals surface area contributed by atoms with Crippen molar-refractivity contribution < 1.29 is 4.42 Å². The third-order valence-corrected chi connectivity index (χ3v) is 7.34. The molecule has 0 spiro atoms. The predicted molar refractivity (Wildman–Crippen MR) is 126 cm³/mol. The fourth-order valence-electron chi connectivity index (χ4n) is 5.17. The smallest absolute Gasteiger partial charge is 0.247 e. The van der Waals surface area contributed by atoms with E-state index in [-0.39, 0.29) is 0 Å². The van der Waals surface area contributed by atoms with Crippen LogP contribution < -0.4 is 0 Å². The number of rotatable bonds is 6. The largest absolute Gasteiger partial charge is 0.421 e. The average molecular weight is 423 g/mol. The Labute approximate surface area is 187 Å². The maximum Gasteiger partial charge on any atom is 0.247 e. The van der Waals surface area contributed by atoms with Gasteiger partial charge in [0.15, 0.2) is 0 Å². The van der Waals surface area contributed by atoms with Gasteiger partial charge in [0.1, 0.15) is 0 Å². The SMILES string of the molecule is CC1=CC(CN2CCN(C)CC2)C(C(C)C)CC1Cc1nnc(-c2ccc(C)cc2)o1. The Morgan fingerprint density at radius 2 is 1.74 bits per heavy atom. The Balaban J connectivity index is 1.44. The molecule has 0 amide bonds. The molecule has 31 heavy (non-hydrogen) atoms. The Hall–Kier alpha value is -1.98. The van der Waals surface area contributed by atoms with Crippen molar-refractivity contribution in [3.05, 3.63) is 47.4 Å². The maximum atomic E-state index is 6.05. The minimum Gasteiger partial charge on any atom is -0.421 e. The van der Waals surface area contributed by atoms with Gasteiger partial charge in [0.25, 0.3) is 0 Å². The maximum absolute atomic E-state index is 6.05. The third kappa shape index (κ3) is 5.45. The second-order valence-corrected chi connectivity index (χ2v) is 10.1. The summed E-state index contributed by atoms with van der Waals surface area (Å²) < 4.78 is 6.05. The summed E-state index contributed by atoms with van der Waals surface area (Å²) in [5.74, 6) is 3.89. The van der Waals surface area contributed by atoms with E-state index in [9.17, 15) is 0 Å². The Kier molecular flexibility index (Phi) is 6.92. The van der Waals surface area contributed by atoms with E-state index in [1.165, 1.54) is 50.3 Å². The van der Waals surface area contributed by atoms with Crippen molar-refractivity contribution in [2.24, 2.45) is 23.7 Å². The van der Waals surface area contributed by atoms with Gasteiger partial charge in [-0.1, -0.05) is 43.2 Å². The number of nitrogens with zero attached hydrogens (tertiary/aromatic N) is 4. The summed E-state index contributed by atoms with van der Waals surface area (Å²) >= 11 is 0. The van der Waals surface area contributed by atoms with Gasteiger partial charge in [-0.05, 0) is 63.1 Å². The van der Waals surface area contributed by atoms with Crippen LogP contribution in [0, 0.1) is 30.6 Å². The quantitative estimate of drug-likeness (QED) is 0.632. The Bertz CT molecular complexity index is 877. The summed E-state index contributed by atoms with van der Waals surface area (Å²) in [6, 6.07) is 8.27. The normalized spacial score (nSPS) is 25.7. The van der Waals surface area contributed by atoms with Gasteiger partial charge in [-0.25, -0.2) is 0 Å². The van der Waals surface area contributed by atoms with Crippen LogP contribution in [0.5, 0.6) is 0 Å². The summed E-state index contributed by atoms with van der Waals surface area (Å²) in [4.78, 5) is 5.10. The molecular weight excluding hydrogens is 384 g/mol. The number of likely N-dealkylation sites (N-methyl/N-ethyl adjacent to an activating group) is 1. The third-order valence-electron chi connectivity index (χ3n) is 7.34. The number of allylic oxidation sites excluding steroid dienone is 1. The van der Waals surface area contributed by atoms with Gasteiger partial charge in [-0.2, -0.15) is 0 Å². The topological polar surface area (TPSA) is 45.4 Å². The highest BCUT2D eigenvalue weighted by Crippen LogP contribution is 2.39. The van der Waals surface area contributed by atoms with Crippen molar-refractivity contribution in [2.75, 3.05) is 39.8 Å². The zero-order valence-electron chi connectivity index (χ0n) is 19.8. The zero-order valence-corrected chi connectivity index (χ0v) is 19.8. The second-order valence-electron chi connectivity index (χ2n) is 10.1. The number of hydrogen-bond acceptors (Lipinski definition) is 5. The standard InChI is InChI=1S/C26H38N4O/c1-18(2)24-15-22(20(4)14-23(24)17-30-12-10-29(5)11-13-30)16-25-27-28-26(31-25)21-8-6-19(3)7-9-21/h6-9,14,18,22-24H,10-13,15-17H2,1-5H3. The van der Waals surface area contributed by atoms with Crippen LogP contribution in [0.4, 0.5) is 0 Å². The van der Waals surface area contributed by atoms with Crippen molar-refractivity contribution in [2.45, 2.75) is 40.5 Å². The predicted octanol–water partition coefficient (Wildman–Crippen LogP) is 4.69. The highest BCUT2D eigenvalue weighted by Gasteiger charge is 2.33. The van der Waals surface area contributed by atoms with Gasteiger partial charge in [0.2, 0.25) is 11.8 Å². The number of benzene rings is 1. The molecule has 2 aromatic rings. The van der Waals surface area contributed by atoms with Crippen LogP contribution in [0.25, 0.3) is 11.5 Å². The van der Waals surface area contributed by atoms with Crippen LogP contribution in [0.15, 0.2) is 40.3 Å². The monoisotopic (exact) mass is 422 g/mol. The molecule has 5 nitrogen and oxygen atoms in total. The molecule has 0 bridgehead atoms. The summed E-state index contributed by atoms with van der Waals surface area (Å²) in [5.41, 5.74) is 3.72. The van der Waals surface area contributed by atoms with Crippen molar-refractivity contribution in [3.63, 3.8) is 0 Å². The summed E-state index contributed by atoms with van der Waals surface area (Å²) in [6.45, 7) is 15.1. The highest BCUT2D eigenvalue weighted by molar-refractivity contribution is 5.52. The number of aromatic nitrogens is 2. The van der Waals surface area contributed by atoms with Gasteiger partial charge in [-0.3, -0.25) is 0 Å².